The normalized spacial score (nSPS) is 13.9. The lowest BCUT2D eigenvalue weighted by Crippen LogP contribution is -2.42. The molecule has 8 heteroatoms. The summed E-state index contributed by atoms with van der Waals surface area (Å²) in [5.74, 6) is 0.102. The first-order chi connectivity index (χ1) is 12.7. The lowest BCUT2D eigenvalue weighted by Gasteiger charge is -2.31. The number of carbonyl (C=O) groups is 2. The average Bonchev–Trinajstić information content (AvgIpc) is 3.02. The highest BCUT2D eigenvalue weighted by molar-refractivity contribution is 6.30. The third kappa shape index (κ3) is 4.80. The maximum absolute atomic E-state index is 12.5. The summed E-state index contributed by atoms with van der Waals surface area (Å²) in [4.78, 5) is 30.6. The predicted octanol–water partition coefficient (Wildman–Crippen LogP) is 3.22. The number of hydrogen-bond donors (Lipinski definition) is 1. The van der Waals surface area contributed by atoms with Gasteiger partial charge in [-0.25, -0.2) is 9.78 Å². The van der Waals surface area contributed by atoms with E-state index in [0.717, 1.165) is 11.3 Å². The first-order valence-electron chi connectivity index (χ1n) is 8.78. The molecule has 0 radical (unpaired) electrons. The minimum Gasteiger partial charge on any atom is -0.444 e. The van der Waals surface area contributed by atoms with Crippen LogP contribution in [0.4, 0.5) is 4.79 Å². The molecule has 7 nitrogen and oxygen atoms in total. The maximum atomic E-state index is 12.5. The number of imidazole rings is 1. The van der Waals surface area contributed by atoms with Crippen molar-refractivity contribution in [2.75, 3.05) is 6.54 Å². The summed E-state index contributed by atoms with van der Waals surface area (Å²) in [7, 11) is 0. The zero-order valence-corrected chi connectivity index (χ0v) is 16.4. The van der Waals surface area contributed by atoms with Gasteiger partial charge in [0, 0.05) is 24.7 Å². The van der Waals surface area contributed by atoms with Crippen LogP contribution < -0.4 is 5.32 Å². The SMILES string of the molecule is CC(C)(C)OC(=O)N1CCn2c(cnc2C(=O)NCc2ccc(Cl)cc2)C1. The summed E-state index contributed by atoms with van der Waals surface area (Å²) in [6.07, 6.45) is 1.27. The van der Waals surface area contributed by atoms with E-state index in [0.29, 0.717) is 37.0 Å². The Morgan fingerprint density at radius 2 is 1.93 bits per heavy atom. The Kier molecular flexibility index (Phi) is 5.41. The second-order valence-corrected chi connectivity index (χ2v) is 7.87. The van der Waals surface area contributed by atoms with Crippen molar-refractivity contribution >= 4 is 23.6 Å². The molecule has 2 amide bonds. The number of carbonyl (C=O) groups excluding carboxylic acids is 2. The molecule has 0 unspecified atom stereocenters. The molecule has 0 spiro atoms. The number of fused-ring (bicyclic) bond motifs is 1. The standard InChI is InChI=1S/C19H23ClN4O3/c1-19(2,3)27-18(26)23-8-9-24-15(12-23)11-21-16(24)17(25)22-10-13-4-6-14(20)7-5-13/h4-7,11H,8-10,12H2,1-3H3,(H,22,25). The summed E-state index contributed by atoms with van der Waals surface area (Å²) in [6.45, 7) is 7.23. The van der Waals surface area contributed by atoms with Gasteiger partial charge in [0.15, 0.2) is 5.82 Å². The van der Waals surface area contributed by atoms with Gasteiger partial charge in [0.1, 0.15) is 5.60 Å². The molecule has 3 rings (SSSR count). The van der Waals surface area contributed by atoms with Gasteiger partial charge in [-0.3, -0.25) is 4.79 Å². The Balaban J connectivity index is 1.63. The van der Waals surface area contributed by atoms with E-state index < -0.39 is 5.60 Å². The molecule has 1 aliphatic heterocycles. The van der Waals surface area contributed by atoms with Gasteiger partial charge in [-0.1, -0.05) is 23.7 Å². The fourth-order valence-corrected chi connectivity index (χ4v) is 2.94. The summed E-state index contributed by atoms with van der Waals surface area (Å²) in [5, 5.41) is 3.52. The highest BCUT2D eigenvalue weighted by Gasteiger charge is 2.28. The van der Waals surface area contributed by atoms with Gasteiger partial charge < -0.3 is 19.5 Å². The molecule has 0 saturated carbocycles. The Labute approximate surface area is 163 Å². The Hall–Kier alpha value is -2.54. The lowest BCUT2D eigenvalue weighted by molar-refractivity contribution is 0.0198. The van der Waals surface area contributed by atoms with Crippen molar-refractivity contribution in [1.29, 1.82) is 0 Å². The minimum absolute atomic E-state index is 0.248. The summed E-state index contributed by atoms with van der Waals surface area (Å²) >= 11 is 5.87. The van der Waals surface area contributed by atoms with Crippen LogP contribution in [0.3, 0.4) is 0 Å². The summed E-state index contributed by atoms with van der Waals surface area (Å²) < 4.78 is 7.26. The van der Waals surface area contributed by atoms with E-state index in [4.69, 9.17) is 16.3 Å². The topological polar surface area (TPSA) is 76.5 Å². The van der Waals surface area contributed by atoms with Crippen LogP contribution in [0.15, 0.2) is 30.5 Å². The van der Waals surface area contributed by atoms with E-state index in [9.17, 15) is 9.59 Å². The molecular weight excluding hydrogens is 368 g/mol. The highest BCUT2D eigenvalue weighted by atomic mass is 35.5. The molecule has 0 saturated heterocycles. The number of ether oxygens (including phenoxy) is 1. The Morgan fingerprint density at radius 3 is 2.59 bits per heavy atom. The summed E-state index contributed by atoms with van der Waals surface area (Å²) in [5.41, 5.74) is 1.22. The van der Waals surface area contributed by atoms with Crippen molar-refractivity contribution in [2.45, 2.75) is 46.0 Å². The van der Waals surface area contributed by atoms with Gasteiger partial charge in [0.25, 0.3) is 5.91 Å². The van der Waals surface area contributed by atoms with E-state index in [-0.39, 0.29) is 12.0 Å². The minimum atomic E-state index is -0.540. The van der Waals surface area contributed by atoms with Gasteiger partial charge in [-0.2, -0.15) is 0 Å². The van der Waals surface area contributed by atoms with E-state index in [1.807, 2.05) is 37.5 Å². The molecule has 1 N–H and O–H groups in total. The number of halogens is 1. The third-order valence-corrected chi connectivity index (χ3v) is 4.36. The number of nitrogens with one attached hydrogen (secondary N) is 1. The molecule has 27 heavy (non-hydrogen) atoms. The lowest BCUT2D eigenvalue weighted by atomic mass is 10.2. The Morgan fingerprint density at radius 1 is 1.22 bits per heavy atom. The fourth-order valence-electron chi connectivity index (χ4n) is 2.81. The molecule has 0 fully saturated rings. The molecule has 144 valence electrons. The highest BCUT2D eigenvalue weighted by Crippen LogP contribution is 2.18. The van der Waals surface area contributed by atoms with Crippen LogP contribution in [0.1, 0.15) is 42.6 Å². The zero-order valence-electron chi connectivity index (χ0n) is 15.7. The van der Waals surface area contributed by atoms with Crippen LogP contribution in [-0.2, 0) is 24.4 Å². The van der Waals surface area contributed by atoms with Crippen LogP contribution in [0, 0.1) is 0 Å². The predicted molar refractivity (Wildman–Crippen MR) is 101 cm³/mol. The van der Waals surface area contributed by atoms with Gasteiger partial charge in [-0.15, -0.1) is 0 Å². The molecular formula is C19H23ClN4O3. The van der Waals surface area contributed by atoms with Gasteiger partial charge in [0.2, 0.25) is 0 Å². The average molecular weight is 391 g/mol. The molecule has 2 heterocycles. The van der Waals surface area contributed by atoms with Gasteiger partial charge >= 0.3 is 6.09 Å². The van der Waals surface area contributed by atoms with Crippen molar-refractivity contribution in [3.63, 3.8) is 0 Å². The van der Waals surface area contributed by atoms with E-state index in [1.54, 1.807) is 23.2 Å². The first-order valence-corrected chi connectivity index (χ1v) is 9.16. The second kappa shape index (κ2) is 7.60. The van der Waals surface area contributed by atoms with Crippen molar-refractivity contribution in [1.82, 2.24) is 19.8 Å². The van der Waals surface area contributed by atoms with Crippen LogP contribution >= 0.6 is 11.6 Å². The largest absolute Gasteiger partial charge is 0.444 e. The van der Waals surface area contributed by atoms with E-state index >= 15 is 0 Å². The van der Waals surface area contributed by atoms with Crippen LogP contribution in [0.2, 0.25) is 5.02 Å². The molecule has 0 bridgehead atoms. The zero-order chi connectivity index (χ0) is 19.6. The van der Waals surface area contributed by atoms with Gasteiger partial charge in [-0.05, 0) is 38.5 Å². The van der Waals surface area contributed by atoms with Crippen molar-refractivity contribution in [3.05, 3.63) is 52.6 Å². The number of aromatic nitrogens is 2. The number of benzene rings is 1. The number of amides is 2. The monoisotopic (exact) mass is 390 g/mol. The molecule has 1 aliphatic rings. The quantitative estimate of drug-likeness (QED) is 0.872. The van der Waals surface area contributed by atoms with E-state index in [2.05, 4.69) is 10.3 Å². The molecule has 0 atom stereocenters. The fraction of sp³-hybridized carbons (Fsp3) is 0.421. The van der Waals surface area contributed by atoms with Crippen LogP contribution in [-0.4, -0.2) is 38.6 Å². The Bertz CT molecular complexity index is 840. The van der Waals surface area contributed by atoms with E-state index in [1.165, 1.54) is 0 Å². The maximum Gasteiger partial charge on any atom is 0.410 e. The number of hydrogen-bond acceptors (Lipinski definition) is 4. The van der Waals surface area contributed by atoms with Crippen LogP contribution in [0.25, 0.3) is 0 Å². The molecule has 2 aromatic rings. The summed E-state index contributed by atoms with van der Waals surface area (Å²) in [6, 6.07) is 7.29. The van der Waals surface area contributed by atoms with Crippen LogP contribution in [0.5, 0.6) is 0 Å². The number of nitrogens with zero attached hydrogens (tertiary/aromatic N) is 3. The van der Waals surface area contributed by atoms with Crippen molar-refractivity contribution < 1.29 is 14.3 Å². The van der Waals surface area contributed by atoms with Gasteiger partial charge in [0.05, 0.1) is 18.4 Å². The second-order valence-electron chi connectivity index (χ2n) is 7.44. The molecule has 0 aliphatic carbocycles. The van der Waals surface area contributed by atoms with Crippen molar-refractivity contribution in [2.24, 2.45) is 0 Å². The molecule has 1 aromatic heterocycles. The molecule has 1 aromatic carbocycles. The third-order valence-electron chi connectivity index (χ3n) is 4.11. The number of rotatable bonds is 3. The first kappa shape index (κ1) is 19.2. The smallest absolute Gasteiger partial charge is 0.410 e. The van der Waals surface area contributed by atoms with Crippen molar-refractivity contribution in [3.8, 4) is 0 Å².